The molecule has 1 heterocycles. The minimum absolute atomic E-state index is 0.0174. The summed E-state index contributed by atoms with van der Waals surface area (Å²) >= 11 is 0. The van der Waals surface area contributed by atoms with E-state index in [2.05, 4.69) is 5.32 Å². The second kappa shape index (κ2) is 8.15. The second-order valence-corrected chi connectivity index (χ2v) is 9.41. The van der Waals surface area contributed by atoms with Gasteiger partial charge in [0.1, 0.15) is 4.90 Å². The molecular weight excluding hydrogens is 383 g/mol. The molecule has 1 N–H and O–H groups in total. The van der Waals surface area contributed by atoms with E-state index in [1.807, 2.05) is 20.8 Å². The first-order valence-electron chi connectivity index (χ1n) is 8.59. The van der Waals surface area contributed by atoms with Crippen LogP contribution in [0.25, 0.3) is 0 Å². The number of benzene rings is 1. The predicted molar refractivity (Wildman–Crippen MR) is 94.0 cm³/mol. The number of sulfonamides is 1. The molecular formula is C17H24F3N3O3S. The Hall–Kier alpha value is -1.65. The van der Waals surface area contributed by atoms with Gasteiger partial charge in [0.2, 0.25) is 15.9 Å². The Morgan fingerprint density at radius 1 is 1.07 bits per heavy atom. The molecule has 1 aromatic rings. The zero-order chi connectivity index (χ0) is 20.4. The van der Waals surface area contributed by atoms with E-state index in [-0.39, 0.29) is 37.6 Å². The maximum absolute atomic E-state index is 13.9. The Morgan fingerprint density at radius 3 is 2.37 bits per heavy atom. The molecule has 0 aliphatic carbocycles. The SMILES string of the molecule is CC(C)(C)NC(=O)CN1CCCN(S(=O)(=O)c2ccc(F)c(F)c2F)CC1. The molecule has 0 atom stereocenters. The van der Waals surface area contributed by atoms with Gasteiger partial charge in [-0.15, -0.1) is 0 Å². The normalized spacial score (nSPS) is 17.6. The number of amides is 1. The number of rotatable bonds is 4. The first-order valence-corrected chi connectivity index (χ1v) is 10.0. The number of nitrogens with one attached hydrogen (secondary N) is 1. The van der Waals surface area contributed by atoms with Gasteiger partial charge in [0.15, 0.2) is 17.5 Å². The lowest BCUT2D eigenvalue weighted by Gasteiger charge is -2.25. The molecule has 0 saturated carbocycles. The van der Waals surface area contributed by atoms with Gasteiger partial charge in [-0.25, -0.2) is 21.6 Å². The van der Waals surface area contributed by atoms with Crippen molar-refractivity contribution in [3.05, 3.63) is 29.6 Å². The van der Waals surface area contributed by atoms with E-state index in [9.17, 15) is 26.4 Å². The fourth-order valence-corrected chi connectivity index (χ4v) is 4.38. The molecule has 1 aliphatic heterocycles. The zero-order valence-corrected chi connectivity index (χ0v) is 16.4. The number of halogens is 3. The number of hydrogen-bond donors (Lipinski definition) is 1. The van der Waals surface area contributed by atoms with Gasteiger partial charge < -0.3 is 5.32 Å². The van der Waals surface area contributed by atoms with Crippen LogP contribution >= 0.6 is 0 Å². The fourth-order valence-electron chi connectivity index (χ4n) is 2.85. The third-order valence-corrected chi connectivity index (χ3v) is 5.96. The van der Waals surface area contributed by atoms with Crippen LogP contribution in [0.2, 0.25) is 0 Å². The lowest BCUT2D eigenvalue weighted by molar-refractivity contribution is -0.123. The van der Waals surface area contributed by atoms with Crippen molar-refractivity contribution in [3.63, 3.8) is 0 Å². The van der Waals surface area contributed by atoms with E-state index in [1.54, 1.807) is 4.90 Å². The molecule has 0 radical (unpaired) electrons. The maximum Gasteiger partial charge on any atom is 0.246 e. The van der Waals surface area contributed by atoms with Gasteiger partial charge in [0, 0.05) is 25.2 Å². The van der Waals surface area contributed by atoms with E-state index >= 15 is 0 Å². The summed E-state index contributed by atoms with van der Waals surface area (Å²) in [6.07, 6.45) is 0.424. The maximum atomic E-state index is 13.9. The molecule has 6 nitrogen and oxygen atoms in total. The summed E-state index contributed by atoms with van der Waals surface area (Å²) in [6, 6.07) is 1.31. The van der Waals surface area contributed by atoms with Gasteiger partial charge in [0.25, 0.3) is 0 Å². The summed E-state index contributed by atoms with van der Waals surface area (Å²) in [7, 11) is -4.31. The largest absolute Gasteiger partial charge is 0.350 e. The van der Waals surface area contributed by atoms with Crippen LogP contribution < -0.4 is 5.32 Å². The summed E-state index contributed by atoms with van der Waals surface area (Å²) in [5.74, 6) is -5.16. The van der Waals surface area contributed by atoms with Crippen molar-refractivity contribution in [2.24, 2.45) is 0 Å². The van der Waals surface area contributed by atoms with Crippen LogP contribution in [0.3, 0.4) is 0 Å². The van der Waals surface area contributed by atoms with Crippen LogP contribution in [0.15, 0.2) is 17.0 Å². The first-order chi connectivity index (χ1) is 12.4. The third kappa shape index (κ3) is 5.43. The van der Waals surface area contributed by atoms with Crippen molar-refractivity contribution in [2.75, 3.05) is 32.7 Å². The Balaban J connectivity index is 2.09. The van der Waals surface area contributed by atoms with Crippen molar-refractivity contribution >= 4 is 15.9 Å². The van der Waals surface area contributed by atoms with Crippen LogP contribution in [-0.4, -0.2) is 61.8 Å². The van der Waals surface area contributed by atoms with Crippen molar-refractivity contribution in [1.82, 2.24) is 14.5 Å². The molecule has 1 aliphatic rings. The molecule has 0 spiro atoms. The topological polar surface area (TPSA) is 69.7 Å². The van der Waals surface area contributed by atoms with Crippen LogP contribution in [0.5, 0.6) is 0 Å². The summed E-state index contributed by atoms with van der Waals surface area (Å²) in [5, 5.41) is 2.83. The minimum atomic E-state index is -4.31. The lowest BCUT2D eigenvalue weighted by Crippen LogP contribution is -2.46. The predicted octanol–water partition coefficient (Wildman–Crippen LogP) is 1.71. The average Bonchev–Trinajstić information content (AvgIpc) is 2.76. The smallest absolute Gasteiger partial charge is 0.246 e. The van der Waals surface area contributed by atoms with Gasteiger partial charge in [-0.2, -0.15) is 4.31 Å². The van der Waals surface area contributed by atoms with Gasteiger partial charge >= 0.3 is 0 Å². The van der Waals surface area contributed by atoms with Crippen molar-refractivity contribution < 1.29 is 26.4 Å². The summed E-state index contributed by atoms with van der Waals surface area (Å²) in [4.78, 5) is 13.0. The minimum Gasteiger partial charge on any atom is -0.350 e. The van der Waals surface area contributed by atoms with Crippen molar-refractivity contribution in [3.8, 4) is 0 Å². The molecule has 1 saturated heterocycles. The van der Waals surface area contributed by atoms with Crippen LogP contribution in [-0.2, 0) is 14.8 Å². The van der Waals surface area contributed by atoms with E-state index in [1.165, 1.54) is 0 Å². The molecule has 1 amide bonds. The van der Waals surface area contributed by atoms with Gasteiger partial charge in [-0.05, 0) is 45.9 Å². The van der Waals surface area contributed by atoms with E-state index in [0.29, 0.717) is 19.0 Å². The zero-order valence-electron chi connectivity index (χ0n) is 15.6. The number of carbonyl (C=O) groups excluding carboxylic acids is 1. The summed E-state index contributed by atoms with van der Waals surface area (Å²) in [6.45, 7) is 6.56. The average molecular weight is 407 g/mol. The quantitative estimate of drug-likeness (QED) is 0.772. The highest BCUT2D eigenvalue weighted by molar-refractivity contribution is 7.89. The van der Waals surface area contributed by atoms with E-state index < -0.39 is 32.4 Å². The molecule has 0 bridgehead atoms. The van der Waals surface area contributed by atoms with Gasteiger partial charge in [0.05, 0.1) is 6.54 Å². The summed E-state index contributed by atoms with van der Waals surface area (Å²) in [5.41, 5.74) is -0.373. The Labute approximate surface area is 157 Å². The molecule has 0 unspecified atom stereocenters. The van der Waals surface area contributed by atoms with Crippen molar-refractivity contribution in [1.29, 1.82) is 0 Å². The second-order valence-electron chi connectivity index (χ2n) is 7.51. The highest BCUT2D eigenvalue weighted by Crippen LogP contribution is 2.24. The van der Waals surface area contributed by atoms with Crippen LogP contribution in [0.4, 0.5) is 13.2 Å². The standard InChI is InChI=1S/C17H24F3N3O3S/c1-17(2,3)21-14(24)11-22-7-4-8-23(10-9-22)27(25,26)13-6-5-12(18)15(19)16(13)20/h5-6H,4,7-11H2,1-3H3,(H,21,24). The van der Waals surface area contributed by atoms with Crippen LogP contribution in [0.1, 0.15) is 27.2 Å². The molecule has 10 heteroatoms. The summed E-state index contributed by atoms with van der Waals surface area (Å²) < 4.78 is 66.7. The third-order valence-electron chi connectivity index (χ3n) is 4.05. The van der Waals surface area contributed by atoms with Crippen molar-refractivity contribution in [2.45, 2.75) is 37.6 Å². The molecule has 0 aromatic heterocycles. The molecule has 27 heavy (non-hydrogen) atoms. The van der Waals surface area contributed by atoms with Gasteiger partial charge in [-0.3, -0.25) is 9.69 Å². The number of hydrogen-bond acceptors (Lipinski definition) is 4. The number of carbonyl (C=O) groups is 1. The Bertz CT molecular complexity index is 810. The van der Waals surface area contributed by atoms with Gasteiger partial charge in [-0.1, -0.05) is 0 Å². The monoisotopic (exact) mass is 407 g/mol. The molecule has 1 fully saturated rings. The molecule has 1 aromatic carbocycles. The highest BCUT2D eigenvalue weighted by atomic mass is 32.2. The van der Waals surface area contributed by atoms with E-state index in [4.69, 9.17) is 0 Å². The fraction of sp³-hybridized carbons (Fsp3) is 0.588. The molecule has 152 valence electrons. The lowest BCUT2D eigenvalue weighted by atomic mass is 10.1. The molecule has 2 rings (SSSR count). The first kappa shape index (κ1) is 21.6. The Kier molecular flexibility index (Phi) is 6.54. The Morgan fingerprint density at radius 2 is 1.74 bits per heavy atom. The highest BCUT2D eigenvalue weighted by Gasteiger charge is 2.31. The number of nitrogens with zero attached hydrogens (tertiary/aromatic N) is 2. The van der Waals surface area contributed by atoms with Crippen LogP contribution in [0, 0.1) is 17.5 Å². The van der Waals surface area contributed by atoms with E-state index in [0.717, 1.165) is 10.4 Å².